The fourth-order valence-electron chi connectivity index (χ4n) is 2.94. The van der Waals surface area contributed by atoms with Crippen LogP contribution in [0.2, 0.25) is 0 Å². The molecule has 0 bridgehead atoms. The van der Waals surface area contributed by atoms with Crippen molar-refractivity contribution in [2.24, 2.45) is 0 Å². The van der Waals surface area contributed by atoms with Crippen LogP contribution in [0, 0.1) is 5.41 Å². The van der Waals surface area contributed by atoms with Gasteiger partial charge >= 0.3 is 6.18 Å². The number of hydrogen-bond donors (Lipinski definition) is 2. The number of halogens is 4. The van der Waals surface area contributed by atoms with Crippen LogP contribution >= 0.6 is 15.9 Å². The van der Waals surface area contributed by atoms with Crippen LogP contribution in [0.15, 0.2) is 58.8 Å². The molecule has 2 N–H and O–H groups in total. The van der Waals surface area contributed by atoms with Gasteiger partial charge < -0.3 is 10.0 Å². The predicted molar refractivity (Wildman–Crippen MR) is 93.4 cm³/mol. The topological polar surface area (TPSA) is 47.3 Å². The van der Waals surface area contributed by atoms with Gasteiger partial charge in [0.05, 0.1) is 11.1 Å². The van der Waals surface area contributed by atoms with Gasteiger partial charge in [-0.25, -0.2) is 0 Å². The molecule has 1 aliphatic rings. The molecule has 3 nitrogen and oxygen atoms in total. The van der Waals surface area contributed by atoms with Gasteiger partial charge in [-0.1, -0.05) is 46.3 Å². The summed E-state index contributed by atoms with van der Waals surface area (Å²) >= 11 is 3.42. The van der Waals surface area contributed by atoms with E-state index in [1.807, 2.05) is 12.1 Å². The van der Waals surface area contributed by atoms with Gasteiger partial charge in [-0.2, -0.15) is 13.2 Å². The Kier molecular flexibility index (Phi) is 4.36. The molecular weight excluding hydrogens is 397 g/mol. The number of rotatable bonds is 2. The molecule has 1 unspecified atom stereocenters. The molecule has 2 aromatic rings. The lowest BCUT2D eigenvalue weighted by Crippen LogP contribution is -2.25. The third-order valence-electron chi connectivity index (χ3n) is 4.17. The molecule has 0 aromatic heterocycles. The minimum Gasteiger partial charge on any atom is -0.509 e. The summed E-state index contributed by atoms with van der Waals surface area (Å²) in [6.07, 6.45) is -4.49. The second-order valence-corrected chi connectivity index (χ2v) is 6.58. The van der Waals surface area contributed by atoms with E-state index in [4.69, 9.17) is 5.41 Å². The van der Waals surface area contributed by atoms with E-state index in [1.165, 1.54) is 17.0 Å². The summed E-state index contributed by atoms with van der Waals surface area (Å²) in [6, 6.07) is 11.3. The highest BCUT2D eigenvalue weighted by Crippen LogP contribution is 2.42. The highest BCUT2D eigenvalue weighted by molar-refractivity contribution is 9.10. The maximum absolute atomic E-state index is 13.0. The Balaban J connectivity index is 2.13. The van der Waals surface area contributed by atoms with Gasteiger partial charge in [0.15, 0.2) is 0 Å². The molecule has 0 amide bonds. The van der Waals surface area contributed by atoms with Crippen molar-refractivity contribution in [3.05, 3.63) is 75.5 Å². The van der Waals surface area contributed by atoms with Crippen molar-refractivity contribution >= 4 is 27.3 Å². The lowest BCUT2D eigenvalue weighted by molar-refractivity contribution is -0.137. The quantitative estimate of drug-likeness (QED) is 0.695. The summed E-state index contributed by atoms with van der Waals surface area (Å²) in [5, 5.41) is 19.0. The number of likely N-dealkylation sites (N-methyl/N-ethyl adjacent to an activating group) is 1. The van der Waals surface area contributed by atoms with Crippen LogP contribution in [-0.2, 0) is 6.18 Å². The van der Waals surface area contributed by atoms with Gasteiger partial charge in [0, 0.05) is 11.5 Å². The first-order valence-electron chi connectivity index (χ1n) is 7.38. The third kappa shape index (κ3) is 3.04. The maximum Gasteiger partial charge on any atom is 0.416 e. The standard InChI is InChI=1S/C18H14BrF3N2O/c1-24-15(12-7-2-3-8-13(12)19)16(25)14(17(24)23)10-5-4-6-11(9-10)18(20,21)22/h2-9,15,23,25H,1H3. The highest BCUT2D eigenvalue weighted by atomic mass is 79.9. The molecule has 0 spiro atoms. The molecule has 130 valence electrons. The van der Waals surface area contributed by atoms with Crippen LogP contribution < -0.4 is 0 Å². The lowest BCUT2D eigenvalue weighted by Gasteiger charge is -2.23. The lowest BCUT2D eigenvalue weighted by atomic mass is 9.99. The molecule has 0 radical (unpaired) electrons. The summed E-state index contributed by atoms with van der Waals surface area (Å²) < 4.78 is 39.7. The molecule has 3 rings (SSSR count). The number of aliphatic hydroxyl groups is 1. The van der Waals surface area contributed by atoms with Gasteiger partial charge in [0.1, 0.15) is 17.6 Å². The molecule has 2 aromatic carbocycles. The summed E-state index contributed by atoms with van der Waals surface area (Å²) in [4.78, 5) is 1.53. The van der Waals surface area contributed by atoms with Crippen LogP contribution in [-0.4, -0.2) is 22.9 Å². The number of nitrogens with zero attached hydrogens (tertiary/aromatic N) is 1. The summed E-state index contributed by atoms with van der Waals surface area (Å²) in [5.74, 6) is -0.170. The average Bonchev–Trinajstić information content (AvgIpc) is 2.77. The second-order valence-electron chi connectivity index (χ2n) is 5.72. The van der Waals surface area contributed by atoms with E-state index < -0.39 is 17.8 Å². The van der Waals surface area contributed by atoms with Crippen molar-refractivity contribution in [3.8, 4) is 0 Å². The summed E-state index contributed by atoms with van der Waals surface area (Å²) in [7, 11) is 1.63. The first-order chi connectivity index (χ1) is 11.7. The van der Waals surface area contributed by atoms with Crippen molar-refractivity contribution in [3.63, 3.8) is 0 Å². The van der Waals surface area contributed by atoms with Gasteiger partial charge in [0.2, 0.25) is 0 Å². The minimum absolute atomic E-state index is 0.0300. The van der Waals surface area contributed by atoms with E-state index in [0.717, 1.165) is 22.2 Å². The zero-order valence-corrected chi connectivity index (χ0v) is 14.7. The van der Waals surface area contributed by atoms with E-state index in [0.29, 0.717) is 0 Å². The molecule has 0 saturated heterocycles. The number of amidine groups is 1. The molecule has 1 heterocycles. The first-order valence-corrected chi connectivity index (χ1v) is 8.18. The zero-order valence-electron chi connectivity index (χ0n) is 13.1. The van der Waals surface area contributed by atoms with Gasteiger partial charge in [0.25, 0.3) is 0 Å². The van der Waals surface area contributed by atoms with Gasteiger partial charge in [-0.05, 0) is 29.3 Å². The number of nitrogens with one attached hydrogen (secondary N) is 1. The third-order valence-corrected chi connectivity index (χ3v) is 4.89. The van der Waals surface area contributed by atoms with Crippen molar-refractivity contribution in [1.29, 1.82) is 5.41 Å². The number of aliphatic hydroxyl groups excluding tert-OH is 1. The molecule has 0 fully saturated rings. The van der Waals surface area contributed by atoms with Gasteiger partial charge in [-0.15, -0.1) is 0 Å². The predicted octanol–water partition coefficient (Wildman–Crippen LogP) is 5.40. The van der Waals surface area contributed by atoms with E-state index in [2.05, 4.69) is 15.9 Å². The fraction of sp³-hybridized carbons (Fsp3) is 0.167. The monoisotopic (exact) mass is 410 g/mol. The Labute approximate surface area is 151 Å². The van der Waals surface area contributed by atoms with Crippen LogP contribution in [0.4, 0.5) is 13.2 Å². The summed E-state index contributed by atoms with van der Waals surface area (Å²) in [5.41, 5.74) is 0.187. The van der Waals surface area contributed by atoms with E-state index in [9.17, 15) is 18.3 Å². The number of benzene rings is 2. The normalized spacial score (nSPS) is 18.2. The SMILES string of the molecule is CN1C(=N)C(c2cccc(C(F)(F)F)c2)=C(O)C1c1ccccc1Br. The maximum atomic E-state index is 13.0. The van der Waals surface area contributed by atoms with Crippen molar-refractivity contribution in [2.45, 2.75) is 12.2 Å². The molecule has 25 heavy (non-hydrogen) atoms. The highest BCUT2D eigenvalue weighted by Gasteiger charge is 2.38. The molecule has 7 heteroatoms. The zero-order chi connectivity index (χ0) is 18.4. The van der Waals surface area contributed by atoms with Crippen molar-refractivity contribution < 1.29 is 18.3 Å². The number of alkyl halides is 3. The van der Waals surface area contributed by atoms with E-state index in [-0.39, 0.29) is 22.7 Å². The minimum atomic E-state index is -4.49. The average molecular weight is 411 g/mol. The Morgan fingerprint density at radius 1 is 1.12 bits per heavy atom. The molecule has 0 saturated carbocycles. The molecule has 1 atom stereocenters. The first kappa shape index (κ1) is 17.5. The van der Waals surface area contributed by atoms with E-state index in [1.54, 1.807) is 19.2 Å². The Morgan fingerprint density at radius 2 is 1.80 bits per heavy atom. The summed E-state index contributed by atoms with van der Waals surface area (Å²) in [6.45, 7) is 0. The molecule has 1 aliphatic heterocycles. The Morgan fingerprint density at radius 3 is 2.44 bits per heavy atom. The van der Waals surface area contributed by atoms with Crippen LogP contribution in [0.25, 0.3) is 5.57 Å². The van der Waals surface area contributed by atoms with Crippen molar-refractivity contribution in [1.82, 2.24) is 4.90 Å². The Bertz CT molecular complexity index is 877. The fourth-order valence-corrected chi connectivity index (χ4v) is 3.44. The molecule has 0 aliphatic carbocycles. The van der Waals surface area contributed by atoms with E-state index >= 15 is 0 Å². The second kappa shape index (κ2) is 6.22. The smallest absolute Gasteiger partial charge is 0.416 e. The van der Waals surface area contributed by atoms with Crippen molar-refractivity contribution in [2.75, 3.05) is 7.05 Å². The van der Waals surface area contributed by atoms with Crippen LogP contribution in [0.5, 0.6) is 0 Å². The van der Waals surface area contributed by atoms with Crippen LogP contribution in [0.1, 0.15) is 22.7 Å². The van der Waals surface area contributed by atoms with Crippen LogP contribution in [0.3, 0.4) is 0 Å². The Hall–Kier alpha value is -2.28. The number of hydrogen-bond acceptors (Lipinski definition) is 2. The van der Waals surface area contributed by atoms with Gasteiger partial charge in [-0.3, -0.25) is 5.41 Å². The largest absolute Gasteiger partial charge is 0.509 e. The molecular formula is C18H14BrF3N2O.